The van der Waals surface area contributed by atoms with Crippen LogP contribution in [0, 0.1) is 11.8 Å². The zero-order chi connectivity index (χ0) is 19.1. The van der Waals surface area contributed by atoms with Gasteiger partial charge in [-0.2, -0.15) is 0 Å². The molecule has 0 unspecified atom stereocenters. The van der Waals surface area contributed by atoms with E-state index in [0.29, 0.717) is 29.7 Å². The van der Waals surface area contributed by atoms with E-state index in [0.717, 1.165) is 31.9 Å². The maximum atomic E-state index is 12.6. The summed E-state index contributed by atoms with van der Waals surface area (Å²) in [5.74, 6) is 2.08. The highest BCUT2D eigenvalue weighted by molar-refractivity contribution is 5.94. The molecule has 146 valence electrons. The van der Waals surface area contributed by atoms with Crippen LogP contribution in [0.2, 0.25) is 0 Å². The van der Waals surface area contributed by atoms with Gasteiger partial charge >= 0.3 is 0 Å². The van der Waals surface area contributed by atoms with Crippen LogP contribution < -0.4 is 15.0 Å². The largest absolute Gasteiger partial charge is 0.497 e. The van der Waals surface area contributed by atoms with Gasteiger partial charge in [0.15, 0.2) is 0 Å². The molecule has 1 spiro atoms. The van der Waals surface area contributed by atoms with E-state index < -0.39 is 0 Å². The molecular formula is C21H24N4O3. The molecule has 4 atom stereocenters. The van der Waals surface area contributed by atoms with Crippen LogP contribution in [0.25, 0.3) is 0 Å². The van der Waals surface area contributed by atoms with Gasteiger partial charge in [-0.15, -0.1) is 0 Å². The normalized spacial score (nSPS) is 30.3. The molecule has 3 saturated heterocycles. The molecule has 3 aliphatic heterocycles. The van der Waals surface area contributed by atoms with Crippen molar-refractivity contribution in [1.29, 1.82) is 0 Å². The molecule has 7 heteroatoms. The SMILES string of the molecule is COc1cccc(C(=O)NC[C@H]2[C@H]3CN(c4ncccn4)C[C@]34CC[C@H]2O4)c1. The molecule has 3 aliphatic rings. The Morgan fingerprint density at radius 3 is 3.04 bits per heavy atom. The second-order valence-electron chi connectivity index (χ2n) is 7.90. The van der Waals surface area contributed by atoms with Crippen molar-refractivity contribution in [2.24, 2.45) is 11.8 Å². The molecule has 7 nitrogen and oxygen atoms in total. The molecule has 1 aromatic heterocycles. The second kappa shape index (κ2) is 6.74. The minimum atomic E-state index is -0.116. The maximum absolute atomic E-state index is 12.6. The van der Waals surface area contributed by atoms with E-state index in [1.807, 2.05) is 18.2 Å². The quantitative estimate of drug-likeness (QED) is 0.854. The van der Waals surface area contributed by atoms with Crippen molar-refractivity contribution in [3.05, 3.63) is 48.3 Å². The molecule has 0 saturated carbocycles. The van der Waals surface area contributed by atoms with Gasteiger partial charge in [-0.1, -0.05) is 6.07 Å². The van der Waals surface area contributed by atoms with Gasteiger partial charge in [-0.25, -0.2) is 9.97 Å². The van der Waals surface area contributed by atoms with Gasteiger partial charge in [0.1, 0.15) is 5.75 Å². The standard InChI is InChI=1S/C21H24N4O3/c1-27-15-5-2-4-14(10-15)19(26)24-11-16-17-12-25(20-22-8-3-9-23-20)13-21(17)7-6-18(16)28-21/h2-5,8-10,16-18H,6-7,11-13H2,1H3,(H,24,26)/t16-,17+,18+,21+/m0/s1. The molecule has 0 radical (unpaired) electrons. The molecule has 2 aromatic rings. The number of carbonyl (C=O) groups is 1. The number of nitrogens with zero attached hydrogens (tertiary/aromatic N) is 3. The first-order chi connectivity index (χ1) is 13.7. The van der Waals surface area contributed by atoms with Crippen LogP contribution in [0.4, 0.5) is 5.95 Å². The van der Waals surface area contributed by atoms with E-state index in [1.54, 1.807) is 31.6 Å². The molecule has 1 amide bonds. The molecule has 3 fully saturated rings. The Bertz CT molecular complexity index is 877. The summed E-state index contributed by atoms with van der Waals surface area (Å²) in [5, 5.41) is 3.12. The van der Waals surface area contributed by atoms with Crippen LogP contribution >= 0.6 is 0 Å². The van der Waals surface area contributed by atoms with E-state index in [2.05, 4.69) is 20.2 Å². The number of carbonyl (C=O) groups excluding carboxylic acids is 1. The Kier molecular flexibility index (Phi) is 4.19. The third-order valence-corrected chi connectivity index (χ3v) is 6.45. The Labute approximate surface area is 164 Å². The van der Waals surface area contributed by atoms with Gasteiger partial charge in [-0.3, -0.25) is 4.79 Å². The van der Waals surface area contributed by atoms with Crippen molar-refractivity contribution in [1.82, 2.24) is 15.3 Å². The second-order valence-corrected chi connectivity index (χ2v) is 7.90. The Balaban J connectivity index is 1.28. The first-order valence-electron chi connectivity index (χ1n) is 9.80. The topological polar surface area (TPSA) is 76.6 Å². The number of benzene rings is 1. The molecule has 2 bridgehead atoms. The average molecular weight is 380 g/mol. The number of nitrogens with one attached hydrogen (secondary N) is 1. The highest BCUT2D eigenvalue weighted by Gasteiger charge is 2.63. The Morgan fingerprint density at radius 2 is 2.21 bits per heavy atom. The summed E-state index contributed by atoms with van der Waals surface area (Å²) in [4.78, 5) is 23.6. The third-order valence-electron chi connectivity index (χ3n) is 6.45. The number of hydrogen-bond acceptors (Lipinski definition) is 6. The smallest absolute Gasteiger partial charge is 0.251 e. The fraction of sp³-hybridized carbons (Fsp3) is 0.476. The fourth-order valence-electron chi connectivity index (χ4n) is 5.15. The van der Waals surface area contributed by atoms with Gasteiger partial charge in [-0.05, 0) is 37.1 Å². The lowest BCUT2D eigenvalue weighted by Gasteiger charge is -2.29. The zero-order valence-electron chi connectivity index (χ0n) is 15.9. The van der Waals surface area contributed by atoms with Crippen molar-refractivity contribution in [2.75, 3.05) is 31.6 Å². The molecule has 5 rings (SSSR count). The number of amides is 1. The summed E-state index contributed by atoms with van der Waals surface area (Å²) < 4.78 is 11.7. The number of methoxy groups -OCH3 is 1. The number of aromatic nitrogens is 2. The lowest BCUT2D eigenvalue weighted by molar-refractivity contribution is 0.0141. The number of rotatable bonds is 5. The summed E-state index contributed by atoms with van der Waals surface area (Å²) in [5.41, 5.74) is 0.499. The number of anilines is 1. The van der Waals surface area contributed by atoms with Gasteiger partial charge in [0.25, 0.3) is 5.91 Å². The minimum absolute atomic E-state index is 0.0723. The summed E-state index contributed by atoms with van der Waals surface area (Å²) in [6.07, 6.45) is 5.91. The predicted octanol–water partition coefficient (Wildman–Crippen LogP) is 1.90. The molecule has 4 heterocycles. The van der Waals surface area contributed by atoms with Crippen LogP contribution in [-0.4, -0.2) is 54.3 Å². The number of ether oxygens (including phenoxy) is 2. The van der Waals surface area contributed by atoms with Crippen LogP contribution in [0.5, 0.6) is 5.75 Å². The molecule has 1 aromatic carbocycles. The number of hydrogen-bond donors (Lipinski definition) is 1. The number of fused-ring (bicyclic) bond motifs is 1. The molecule has 28 heavy (non-hydrogen) atoms. The lowest BCUT2D eigenvalue weighted by atomic mass is 9.73. The predicted molar refractivity (Wildman–Crippen MR) is 103 cm³/mol. The Morgan fingerprint density at radius 1 is 1.36 bits per heavy atom. The summed E-state index contributed by atoms with van der Waals surface area (Å²) in [6, 6.07) is 9.07. The molecule has 1 N–H and O–H groups in total. The first kappa shape index (κ1) is 17.4. The Hall–Kier alpha value is -2.67. The van der Waals surface area contributed by atoms with Gasteiger partial charge < -0.3 is 19.7 Å². The van der Waals surface area contributed by atoms with E-state index >= 15 is 0 Å². The summed E-state index contributed by atoms with van der Waals surface area (Å²) in [6.45, 7) is 2.33. The first-order valence-corrected chi connectivity index (χ1v) is 9.80. The molecular weight excluding hydrogens is 356 g/mol. The van der Waals surface area contributed by atoms with Crippen LogP contribution in [0.1, 0.15) is 23.2 Å². The van der Waals surface area contributed by atoms with Crippen molar-refractivity contribution in [3.63, 3.8) is 0 Å². The van der Waals surface area contributed by atoms with Gasteiger partial charge in [0, 0.05) is 42.9 Å². The zero-order valence-corrected chi connectivity index (χ0v) is 15.9. The van der Waals surface area contributed by atoms with Gasteiger partial charge in [0.05, 0.1) is 25.4 Å². The summed E-state index contributed by atoms with van der Waals surface area (Å²) in [7, 11) is 1.60. The van der Waals surface area contributed by atoms with E-state index in [9.17, 15) is 4.79 Å². The van der Waals surface area contributed by atoms with Crippen molar-refractivity contribution < 1.29 is 14.3 Å². The minimum Gasteiger partial charge on any atom is -0.497 e. The monoisotopic (exact) mass is 380 g/mol. The average Bonchev–Trinajstić information content (AvgIpc) is 3.41. The fourth-order valence-corrected chi connectivity index (χ4v) is 5.15. The van der Waals surface area contributed by atoms with Crippen LogP contribution in [0.15, 0.2) is 42.7 Å². The molecule has 0 aliphatic carbocycles. The van der Waals surface area contributed by atoms with Crippen molar-refractivity contribution >= 4 is 11.9 Å². The van der Waals surface area contributed by atoms with E-state index in [1.165, 1.54) is 0 Å². The maximum Gasteiger partial charge on any atom is 0.251 e. The van der Waals surface area contributed by atoms with E-state index in [-0.39, 0.29) is 17.6 Å². The highest BCUT2D eigenvalue weighted by Crippen LogP contribution is 2.54. The van der Waals surface area contributed by atoms with Crippen molar-refractivity contribution in [3.8, 4) is 5.75 Å². The van der Waals surface area contributed by atoms with Crippen molar-refractivity contribution in [2.45, 2.75) is 24.5 Å². The van der Waals surface area contributed by atoms with E-state index in [4.69, 9.17) is 9.47 Å². The highest BCUT2D eigenvalue weighted by atomic mass is 16.5. The van der Waals surface area contributed by atoms with Crippen LogP contribution in [-0.2, 0) is 4.74 Å². The lowest BCUT2D eigenvalue weighted by Crippen LogP contribution is -2.41. The van der Waals surface area contributed by atoms with Gasteiger partial charge in [0.2, 0.25) is 5.95 Å². The summed E-state index contributed by atoms with van der Waals surface area (Å²) >= 11 is 0. The van der Waals surface area contributed by atoms with Crippen LogP contribution in [0.3, 0.4) is 0 Å². The third kappa shape index (κ3) is 2.81.